The van der Waals surface area contributed by atoms with Crippen molar-refractivity contribution in [3.05, 3.63) is 40.5 Å². The van der Waals surface area contributed by atoms with E-state index < -0.39 is 0 Å². The Morgan fingerprint density at radius 3 is 2.85 bits per heavy atom. The van der Waals surface area contributed by atoms with Gasteiger partial charge in [0.05, 0.1) is 26.9 Å². The number of rotatable bonds is 5. The highest BCUT2D eigenvalue weighted by Gasteiger charge is 2.23. The van der Waals surface area contributed by atoms with Crippen LogP contribution >= 0.6 is 15.9 Å². The SMILES string of the molecule is CCn1c(CNC(=O)c2nc(Br)cnc2N)[n+](C)c2ccc(OC)cc21.[I-]. The maximum atomic E-state index is 12.5. The minimum atomic E-state index is -0.373. The molecule has 0 bridgehead atoms. The van der Waals surface area contributed by atoms with E-state index in [1.165, 1.54) is 6.20 Å². The number of ether oxygens (including phenoxy) is 1. The second kappa shape index (κ2) is 8.83. The van der Waals surface area contributed by atoms with Crippen molar-refractivity contribution in [1.29, 1.82) is 0 Å². The van der Waals surface area contributed by atoms with Crippen LogP contribution in [0, 0.1) is 0 Å². The molecule has 0 fully saturated rings. The van der Waals surface area contributed by atoms with Crippen molar-refractivity contribution in [3.63, 3.8) is 0 Å². The molecule has 2 aromatic heterocycles. The molecule has 1 amide bonds. The lowest BCUT2D eigenvalue weighted by atomic mass is 10.3. The van der Waals surface area contributed by atoms with Gasteiger partial charge < -0.3 is 39.8 Å². The monoisotopic (exact) mass is 546 g/mol. The molecule has 3 N–H and O–H groups in total. The third-order valence-electron chi connectivity index (χ3n) is 4.24. The van der Waals surface area contributed by atoms with Crippen molar-refractivity contribution in [3.8, 4) is 5.75 Å². The molecule has 0 spiro atoms. The first kappa shape index (κ1) is 21.4. The van der Waals surface area contributed by atoms with Gasteiger partial charge in [-0.1, -0.05) is 0 Å². The van der Waals surface area contributed by atoms with E-state index in [0.717, 1.165) is 29.2 Å². The van der Waals surface area contributed by atoms with Crippen LogP contribution < -0.4 is 44.3 Å². The van der Waals surface area contributed by atoms with Gasteiger partial charge in [-0.25, -0.2) is 19.1 Å². The number of amides is 1. The number of nitrogens with zero attached hydrogens (tertiary/aromatic N) is 4. The van der Waals surface area contributed by atoms with Gasteiger partial charge in [-0.3, -0.25) is 4.79 Å². The highest BCUT2D eigenvalue weighted by Crippen LogP contribution is 2.21. The summed E-state index contributed by atoms with van der Waals surface area (Å²) in [6, 6.07) is 5.91. The number of halogens is 2. The summed E-state index contributed by atoms with van der Waals surface area (Å²) in [7, 11) is 3.61. The first-order valence-corrected chi connectivity index (χ1v) is 8.86. The summed E-state index contributed by atoms with van der Waals surface area (Å²) in [4.78, 5) is 20.5. The summed E-state index contributed by atoms with van der Waals surface area (Å²) in [5, 5.41) is 2.87. The number of fused-ring (bicyclic) bond motifs is 1. The lowest BCUT2D eigenvalue weighted by Gasteiger charge is -2.06. The van der Waals surface area contributed by atoms with Gasteiger partial charge in [0.1, 0.15) is 16.9 Å². The fourth-order valence-electron chi connectivity index (χ4n) is 2.94. The number of nitrogens with two attached hydrogens (primary N) is 1. The molecule has 0 saturated carbocycles. The third kappa shape index (κ3) is 4.15. The van der Waals surface area contributed by atoms with Crippen LogP contribution in [0.15, 0.2) is 29.0 Å². The van der Waals surface area contributed by atoms with Crippen LogP contribution in [0.25, 0.3) is 11.0 Å². The maximum absolute atomic E-state index is 12.5. The van der Waals surface area contributed by atoms with Gasteiger partial charge in [-0.05, 0) is 35.0 Å². The van der Waals surface area contributed by atoms with E-state index >= 15 is 0 Å². The van der Waals surface area contributed by atoms with Crippen molar-refractivity contribution in [1.82, 2.24) is 19.9 Å². The molecule has 1 aromatic carbocycles. The van der Waals surface area contributed by atoms with Crippen molar-refractivity contribution in [2.24, 2.45) is 7.05 Å². The molecule has 0 saturated heterocycles. The van der Waals surface area contributed by atoms with Gasteiger partial charge in [0.2, 0.25) is 0 Å². The number of benzene rings is 1. The number of aryl methyl sites for hydroxylation is 2. The highest BCUT2D eigenvalue weighted by molar-refractivity contribution is 9.10. The topological polar surface area (TPSA) is 98.9 Å². The molecule has 0 aliphatic heterocycles. The molecule has 10 heteroatoms. The van der Waals surface area contributed by atoms with Crippen LogP contribution in [0.1, 0.15) is 23.2 Å². The fraction of sp³-hybridized carbons (Fsp3) is 0.294. The average Bonchev–Trinajstić information content (AvgIpc) is 2.92. The molecule has 0 unspecified atom stereocenters. The molecule has 0 atom stereocenters. The first-order chi connectivity index (χ1) is 12.5. The van der Waals surface area contributed by atoms with Crippen LogP contribution in [0.3, 0.4) is 0 Å². The Hall–Kier alpha value is -1.95. The largest absolute Gasteiger partial charge is 1.00 e. The molecular formula is C17H20BrIN6O2. The molecule has 0 aliphatic rings. The molecule has 2 heterocycles. The number of imidazole rings is 1. The van der Waals surface area contributed by atoms with Crippen molar-refractivity contribution >= 4 is 38.7 Å². The highest BCUT2D eigenvalue weighted by atomic mass is 127. The molecule has 3 aromatic rings. The van der Waals surface area contributed by atoms with Gasteiger partial charge in [0.15, 0.2) is 22.5 Å². The van der Waals surface area contributed by atoms with E-state index in [1.807, 2.05) is 25.2 Å². The third-order valence-corrected chi connectivity index (χ3v) is 4.63. The minimum Gasteiger partial charge on any atom is -1.00 e. The van der Waals surface area contributed by atoms with E-state index in [0.29, 0.717) is 11.1 Å². The van der Waals surface area contributed by atoms with E-state index in [4.69, 9.17) is 10.5 Å². The quantitative estimate of drug-likeness (QED) is 0.302. The summed E-state index contributed by atoms with van der Waals surface area (Å²) >= 11 is 3.20. The Labute approximate surface area is 182 Å². The van der Waals surface area contributed by atoms with E-state index in [1.54, 1.807) is 7.11 Å². The summed E-state index contributed by atoms with van der Waals surface area (Å²) in [5.41, 5.74) is 7.96. The number of carbonyl (C=O) groups excluding carboxylic acids is 1. The van der Waals surface area contributed by atoms with Crippen molar-refractivity contribution < 1.29 is 38.1 Å². The van der Waals surface area contributed by atoms with Gasteiger partial charge >= 0.3 is 0 Å². The molecule has 8 nitrogen and oxygen atoms in total. The number of methoxy groups -OCH3 is 1. The van der Waals surface area contributed by atoms with E-state index in [2.05, 4.69) is 47.3 Å². The van der Waals surface area contributed by atoms with Crippen LogP contribution in [0.2, 0.25) is 0 Å². The number of nitrogens with one attached hydrogen (secondary N) is 1. The Bertz CT molecular complexity index is 991. The number of carbonyl (C=O) groups is 1. The lowest BCUT2D eigenvalue weighted by Crippen LogP contribution is -3.00. The average molecular weight is 547 g/mol. The Balaban J connectivity index is 0.00000261. The number of anilines is 1. The van der Waals surface area contributed by atoms with Gasteiger partial charge in [-0.2, -0.15) is 0 Å². The Morgan fingerprint density at radius 1 is 1.44 bits per heavy atom. The fourth-order valence-corrected chi connectivity index (χ4v) is 3.22. The molecular weight excluding hydrogens is 527 g/mol. The number of hydrogen-bond acceptors (Lipinski definition) is 5. The van der Waals surface area contributed by atoms with Crippen LogP contribution in [0.5, 0.6) is 5.75 Å². The zero-order valence-corrected chi connectivity index (χ0v) is 18.9. The second-order valence-corrected chi connectivity index (χ2v) is 6.50. The standard InChI is InChI=1S/C17H19BrN6O2.HI/c1-4-24-12-7-10(26-3)5-6-11(12)23(2)14(24)9-21-17(25)15-16(19)20-8-13(18)22-15;/h5-8H,4,9H2,1-3H3,(H2-,19,20,21,25);1H. The molecule has 144 valence electrons. The Kier molecular flexibility index (Phi) is 6.98. The first-order valence-electron chi connectivity index (χ1n) is 8.07. The van der Waals surface area contributed by atoms with Gasteiger partial charge in [0.25, 0.3) is 11.7 Å². The molecule has 0 aliphatic carbocycles. The normalized spacial score (nSPS) is 10.5. The molecule has 0 radical (unpaired) electrons. The van der Waals surface area contributed by atoms with E-state index in [9.17, 15) is 4.79 Å². The smallest absolute Gasteiger partial charge is 0.276 e. The summed E-state index contributed by atoms with van der Waals surface area (Å²) < 4.78 is 9.96. The number of nitrogen functional groups attached to an aromatic ring is 1. The Morgan fingerprint density at radius 2 is 2.19 bits per heavy atom. The molecule has 3 rings (SSSR count). The summed E-state index contributed by atoms with van der Waals surface area (Å²) in [6.45, 7) is 3.14. The minimum absolute atomic E-state index is 0. The van der Waals surface area contributed by atoms with E-state index in [-0.39, 0.29) is 41.4 Å². The zero-order chi connectivity index (χ0) is 18.8. The predicted molar refractivity (Wildman–Crippen MR) is 101 cm³/mol. The number of aromatic nitrogens is 4. The maximum Gasteiger partial charge on any atom is 0.276 e. The van der Waals surface area contributed by atoms with Gasteiger partial charge in [-0.15, -0.1) is 0 Å². The van der Waals surface area contributed by atoms with Gasteiger partial charge in [0, 0.05) is 6.07 Å². The second-order valence-electron chi connectivity index (χ2n) is 5.68. The number of hydrogen-bond donors (Lipinski definition) is 2. The van der Waals surface area contributed by atoms with Crippen LogP contribution in [-0.2, 0) is 20.1 Å². The zero-order valence-electron chi connectivity index (χ0n) is 15.2. The summed E-state index contributed by atoms with van der Waals surface area (Å²) in [5.74, 6) is 1.46. The predicted octanol–water partition coefficient (Wildman–Crippen LogP) is -1.44. The van der Waals surface area contributed by atoms with Crippen molar-refractivity contribution in [2.75, 3.05) is 12.8 Å². The van der Waals surface area contributed by atoms with Crippen LogP contribution in [0.4, 0.5) is 5.82 Å². The van der Waals surface area contributed by atoms with Crippen molar-refractivity contribution in [2.45, 2.75) is 20.0 Å². The summed E-state index contributed by atoms with van der Waals surface area (Å²) in [6.07, 6.45) is 1.45. The lowest BCUT2D eigenvalue weighted by molar-refractivity contribution is -0.654. The molecule has 27 heavy (non-hydrogen) atoms. The van der Waals surface area contributed by atoms with Crippen LogP contribution in [-0.4, -0.2) is 27.6 Å².